The fourth-order valence-electron chi connectivity index (χ4n) is 4.92. The number of nitrogens with zero attached hydrogens (tertiary/aromatic N) is 2. The molecule has 2 aliphatic carbocycles. The highest BCUT2D eigenvalue weighted by Gasteiger charge is 2.42. The van der Waals surface area contributed by atoms with Crippen LogP contribution in [0.1, 0.15) is 49.3 Å². The SMILES string of the molecule is CC[C@]12CCCc3ccc(Cl)c(c31)C[C@@H](Cn1ccnc1)C2. The molecule has 2 nitrogen and oxygen atoms in total. The summed E-state index contributed by atoms with van der Waals surface area (Å²) in [6.45, 7) is 3.42. The number of rotatable bonds is 3. The fourth-order valence-corrected chi connectivity index (χ4v) is 5.15. The lowest BCUT2D eigenvalue weighted by Gasteiger charge is -2.46. The highest BCUT2D eigenvalue weighted by Crippen LogP contribution is 2.51. The van der Waals surface area contributed by atoms with Gasteiger partial charge < -0.3 is 4.57 Å². The van der Waals surface area contributed by atoms with Crippen molar-refractivity contribution in [3.8, 4) is 0 Å². The van der Waals surface area contributed by atoms with Crippen molar-refractivity contribution < 1.29 is 0 Å². The van der Waals surface area contributed by atoms with Crippen molar-refractivity contribution in [1.82, 2.24) is 9.55 Å². The van der Waals surface area contributed by atoms with Gasteiger partial charge in [0.25, 0.3) is 0 Å². The van der Waals surface area contributed by atoms with Gasteiger partial charge in [0.2, 0.25) is 0 Å². The average Bonchev–Trinajstić information content (AvgIpc) is 3.03. The van der Waals surface area contributed by atoms with E-state index in [1.165, 1.54) is 37.7 Å². The Balaban J connectivity index is 1.77. The van der Waals surface area contributed by atoms with Crippen LogP contribution < -0.4 is 0 Å². The molecule has 0 amide bonds. The van der Waals surface area contributed by atoms with Crippen LogP contribution in [0, 0.1) is 5.92 Å². The van der Waals surface area contributed by atoms with Crippen molar-refractivity contribution in [2.45, 2.75) is 57.4 Å². The van der Waals surface area contributed by atoms with E-state index in [1.54, 1.807) is 11.1 Å². The lowest BCUT2D eigenvalue weighted by Crippen LogP contribution is -2.39. The van der Waals surface area contributed by atoms with E-state index in [0.717, 1.165) is 18.0 Å². The molecule has 1 heterocycles. The Kier molecular flexibility index (Phi) is 3.53. The predicted octanol–water partition coefficient (Wildman–Crippen LogP) is 4.78. The van der Waals surface area contributed by atoms with E-state index < -0.39 is 0 Å². The minimum Gasteiger partial charge on any atom is -0.337 e. The van der Waals surface area contributed by atoms with Gasteiger partial charge in [0, 0.05) is 24.0 Å². The van der Waals surface area contributed by atoms with Gasteiger partial charge in [-0.3, -0.25) is 0 Å². The number of aromatic nitrogens is 2. The highest BCUT2D eigenvalue weighted by atomic mass is 35.5. The van der Waals surface area contributed by atoms with Crippen molar-refractivity contribution in [3.63, 3.8) is 0 Å². The largest absolute Gasteiger partial charge is 0.337 e. The molecule has 1 aromatic heterocycles. The second kappa shape index (κ2) is 5.42. The van der Waals surface area contributed by atoms with Gasteiger partial charge in [0.05, 0.1) is 6.33 Å². The summed E-state index contributed by atoms with van der Waals surface area (Å²) in [5.74, 6) is 0.660. The number of hydrogen-bond acceptors (Lipinski definition) is 1. The number of imidazole rings is 1. The van der Waals surface area contributed by atoms with Gasteiger partial charge in [-0.2, -0.15) is 0 Å². The molecule has 0 N–H and O–H groups in total. The molecule has 116 valence electrons. The van der Waals surface area contributed by atoms with Crippen LogP contribution in [0.3, 0.4) is 0 Å². The fraction of sp³-hybridized carbons (Fsp3) is 0.526. The molecular weight excluding hydrogens is 292 g/mol. The van der Waals surface area contributed by atoms with E-state index >= 15 is 0 Å². The molecule has 0 fully saturated rings. The zero-order chi connectivity index (χ0) is 15.2. The van der Waals surface area contributed by atoms with Crippen LogP contribution in [-0.2, 0) is 24.8 Å². The monoisotopic (exact) mass is 314 g/mol. The van der Waals surface area contributed by atoms with Crippen molar-refractivity contribution >= 4 is 11.6 Å². The van der Waals surface area contributed by atoms with Crippen LogP contribution >= 0.6 is 11.6 Å². The second-order valence-electron chi connectivity index (χ2n) is 7.08. The molecule has 2 aromatic rings. The summed E-state index contributed by atoms with van der Waals surface area (Å²) in [7, 11) is 0. The Morgan fingerprint density at radius 3 is 3.09 bits per heavy atom. The maximum absolute atomic E-state index is 6.61. The minimum atomic E-state index is 0.358. The normalized spacial score (nSPS) is 26.7. The maximum atomic E-state index is 6.61. The first-order valence-corrected chi connectivity index (χ1v) is 8.86. The van der Waals surface area contributed by atoms with Crippen molar-refractivity contribution in [1.29, 1.82) is 0 Å². The van der Waals surface area contributed by atoms with Gasteiger partial charge in [-0.05, 0) is 72.6 Å². The van der Waals surface area contributed by atoms with E-state index in [9.17, 15) is 0 Å². The summed E-state index contributed by atoms with van der Waals surface area (Å²) in [5, 5.41) is 0.980. The summed E-state index contributed by atoms with van der Waals surface area (Å²) in [5.41, 5.74) is 4.98. The highest BCUT2D eigenvalue weighted by molar-refractivity contribution is 6.31. The average molecular weight is 315 g/mol. The zero-order valence-electron chi connectivity index (χ0n) is 13.2. The molecule has 0 radical (unpaired) electrons. The molecule has 0 spiro atoms. The Bertz CT molecular complexity index is 677. The molecule has 4 rings (SSSR count). The van der Waals surface area contributed by atoms with Crippen LogP contribution in [0.25, 0.3) is 0 Å². The lowest BCUT2D eigenvalue weighted by molar-refractivity contribution is 0.226. The minimum absolute atomic E-state index is 0.358. The summed E-state index contributed by atoms with van der Waals surface area (Å²) in [4.78, 5) is 4.19. The van der Waals surface area contributed by atoms with Gasteiger partial charge in [0.15, 0.2) is 0 Å². The van der Waals surface area contributed by atoms with E-state index in [4.69, 9.17) is 11.6 Å². The third-order valence-electron chi connectivity index (χ3n) is 5.85. The van der Waals surface area contributed by atoms with Crippen LogP contribution in [0.15, 0.2) is 30.9 Å². The van der Waals surface area contributed by atoms with E-state index in [1.807, 2.05) is 12.5 Å². The molecule has 3 heteroatoms. The van der Waals surface area contributed by atoms with Crippen LogP contribution in [0.2, 0.25) is 5.02 Å². The van der Waals surface area contributed by atoms with Gasteiger partial charge in [-0.1, -0.05) is 24.6 Å². The molecule has 2 aliphatic rings. The molecular formula is C19H23ClN2. The first kappa shape index (κ1) is 14.3. The number of hydrogen-bond donors (Lipinski definition) is 0. The van der Waals surface area contributed by atoms with Gasteiger partial charge >= 0.3 is 0 Å². The summed E-state index contributed by atoms with van der Waals surface area (Å²) >= 11 is 6.61. The van der Waals surface area contributed by atoms with Gasteiger partial charge in [-0.25, -0.2) is 4.98 Å². The molecule has 22 heavy (non-hydrogen) atoms. The topological polar surface area (TPSA) is 17.8 Å². The standard InChI is InChI=1S/C19H23ClN2/c1-2-19-7-3-4-15-5-6-17(20)16(18(15)19)10-14(11-19)12-22-9-8-21-13-22/h5-6,8-9,13-14H,2-4,7,10-12H2,1H3/t14-,19-/m1/s1. The van der Waals surface area contributed by atoms with Crippen LogP contribution in [0.4, 0.5) is 0 Å². The Hall–Kier alpha value is -1.28. The van der Waals surface area contributed by atoms with Crippen molar-refractivity contribution in [2.75, 3.05) is 0 Å². The number of aryl methyl sites for hydroxylation is 1. The zero-order valence-corrected chi connectivity index (χ0v) is 13.9. The molecule has 0 saturated heterocycles. The van der Waals surface area contributed by atoms with Gasteiger partial charge in [0.1, 0.15) is 0 Å². The van der Waals surface area contributed by atoms with Crippen LogP contribution in [-0.4, -0.2) is 9.55 Å². The molecule has 0 aliphatic heterocycles. The first-order chi connectivity index (χ1) is 10.7. The third kappa shape index (κ3) is 2.20. The van der Waals surface area contributed by atoms with Crippen molar-refractivity contribution in [2.24, 2.45) is 5.92 Å². The molecule has 1 aromatic carbocycles. The first-order valence-electron chi connectivity index (χ1n) is 8.48. The Morgan fingerprint density at radius 1 is 1.41 bits per heavy atom. The number of halogens is 1. The molecule has 0 saturated carbocycles. The predicted molar refractivity (Wildman–Crippen MR) is 90.4 cm³/mol. The summed E-state index contributed by atoms with van der Waals surface area (Å²) < 4.78 is 2.22. The lowest BCUT2D eigenvalue weighted by atomic mass is 9.59. The van der Waals surface area contributed by atoms with Crippen LogP contribution in [0.5, 0.6) is 0 Å². The quantitative estimate of drug-likeness (QED) is 0.797. The summed E-state index contributed by atoms with van der Waals surface area (Å²) in [6, 6.07) is 4.40. The Labute approximate surface area is 137 Å². The molecule has 0 unspecified atom stereocenters. The maximum Gasteiger partial charge on any atom is 0.0945 e. The smallest absolute Gasteiger partial charge is 0.0945 e. The third-order valence-corrected chi connectivity index (χ3v) is 6.21. The second-order valence-corrected chi connectivity index (χ2v) is 7.49. The molecule has 2 atom stereocenters. The summed E-state index contributed by atoms with van der Waals surface area (Å²) in [6.07, 6.45) is 13.4. The Morgan fingerprint density at radius 2 is 2.32 bits per heavy atom. The number of benzene rings is 1. The van der Waals surface area contributed by atoms with Gasteiger partial charge in [-0.15, -0.1) is 0 Å². The van der Waals surface area contributed by atoms with Crippen molar-refractivity contribution in [3.05, 3.63) is 52.6 Å². The molecule has 0 bridgehead atoms. The van der Waals surface area contributed by atoms with E-state index in [2.05, 4.69) is 34.8 Å². The van der Waals surface area contributed by atoms with E-state index in [0.29, 0.717) is 11.3 Å². The van der Waals surface area contributed by atoms with E-state index in [-0.39, 0.29) is 0 Å².